The maximum Gasteiger partial charge on any atom is 0.0636 e. The Labute approximate surface area is 104 Å². The van der Waals surface area contributed by atoms with Gasteiger partial charge in [-0.2, -0.15) is 0 Å². The number of ether oxygens (including phenoxy) is 1. The number of benzene rings is 1. The molecule has 3 nitrogen and oxygen atoms in total. The summed E-state index contributed by atoms with van der Waals surface area (Å²) in [5.74, 6) is 5.56. The standard InChI is InChI=1S/C14H24N2O/c1-4-7-17-10-14(16-15)9-13-8-11(2)5-6-12(13)3/h5-6,8,14,16H,4,7,9-10,15H2,1-3H3. The third kappa shape index (κ3) is 4.86. The molecule has 1 rings (SSSR count). The highest BCUT2D eigenvalue weighted by atomic mass is 16.5. The summed E-state index contributed by atoms with van der Waals surface area (Å²) in [5, 5.41) is 0. The molecule has 1 atom stereocenters. The quantitative estimate of drug-likeness (QED) is 0.433. The number of rotatable bonds is 7. The van der Waals surface area contributed by atoms with Gasteiger partial charge in [-0.1, -0.05) is 30.7 Å². The first-order valence-electron chi connectivity index (χ1n) is 6.27. The molecule has 0 aliphatic heterocycles. The van der Waals surface area contributed by atoms with E-state index < -0.39 is 0 Å². The minimum atomic E-state index is 0.182. The molecule has 96 valence electrons. The van der Waals surface area contributed by atoms with Gasteiger partial charge in [-0.15, -0.1) is 0 Å². The lowest BCUT2D eigenvalue weighted by Gasteiger charge is -2.17. The average molecular weight is 236 g/mol. The maximum absolute atomic E-state index is 5.56. The first-order valence-corrected chi connectivity index (χ1v) is 6.27. The molecular formula is C14H24N2O. The number of hydrogen-bond donors (Lipinski definition) is 2. The number of aryl methyl sites for hydroxylation is 2. The van der Waals surface area contributed by atoms with Crippen molar-refractivity contribution in [3.05, 3.63) is 34.9 Å². The Morgan fingerprint density at radius 2 is 2.12 bits per heavy atom. The van der Waals surface area contributed by atoms with Crippen molar-refractivity contribution in [2.24, 2.45) is 5.84 Å². The van der Waals surface area contributed by atoms with Crippen molar-refractivity contribution in [2.45, 2.75) is 39.7 Å². The van der Waals surface area contributed by atoms with Gasteiger partial charge in [0.1, 0.15) is 0 Å². The molecule has 1 aromatic rings. The smallest absolute Gasteiger partial charge is 0.0636 e. The van der Waals surface area contributed by atoms with Crippen LogP contribution in [0.25, 0.3) is 0 Å². The Bertz CT molecular complexity index is 339. The van der Waals surface area contributed by atoms with E-state index in [2.05, 4.69) is 44.4 Å². The van der Waals surface area contributed by atoms with Crippen LogP contribution in [0.5, 0.6) is 0 Å². The van der Waals surface area contributed by atoms with Gasteiger partial charge in [0.15, 0.2) is 0 Å². The van der Waals surface area contributed by atoms with E-state index in [1.54, 1.807) is 0 Å². The number of hydrazine groups is 1. The van der Waals surface area contributed by atoms with Gasteiger partial charge in [-0.25, -0.2) is 0 Å². The zero-order valence-corrected chi connectivity index (χ0v) is 11.1. The van der Waals surface area contributed by atoms with E-state index in [1.807, 2.05) is 0 Å². The summed E-state index contributed by atoms with van der Waals surface area (Å²) in [4.78, 5) is 0. The topological polar surface area (TPSA) is 47.3 Å². The molecule has 1 unspecified atom stereocenters. The molecular weight excluding hydrogens is 212 g/mol. The first-order chi connectivity index (χ1) is 8.17. The Morgan fingerprint density at radius 3 is 2.76 bits per heavy atom. The molecule has 0 amide bonds. The number of hydrogen-bond acceptors (Lipinski definition) is 3. The van der Waals surface area contributed by atoms with Crippen LogP contribution in [0.1, 0.15) is 30.0 Å². The molecule has 0 spiro atoms. The lowest BCUT2D eigenvalue weighted by atomic mass is 9.99. The molecule has 0 saturated heterocycles. The van der Waals surface area contributed by atoms with Crippen LogP contribution < -0.4 is 11.3 Å². The van der Waals surface area contributed by atoms with Gasteiger partial charge in [0, 0.05) is 12.6 Å². The summed E-state index contributed by atoms with van der Waals surface area (Å²) in [5.41, 5.74) is 6.77. The van der Waals surface area contributed by atoms with E-state index in [0.29, 0.717) is 6.61 Å². The molecule has 0 fully saturated rings. The molecule has 0 radical (unpaired) electrons. The highest BCUT2D eigenvalue weighted by Crippen LogP contribution is 2.12. The number of nitrogens with two attached hydrogens (primary N) is 1. The molecule has 0 aliphatic rings. The first kappa shape index (κ1) is 14.2. The van der Waals surface area contributed by atoms with Crippen molar-refractivity contribution in [3.8, 4) is 0 Å². The molecule has 0 saturated carbocycles. The third-order valence-electron chi connectivity index (χ3n) is 2.87. The van der Waals surface area contributed by atoms with Crippen molar-refractivity contribution < 1.29 is 4.74 Å². The largest absolute Gasteiger partial charge is 0.380 e. The summed E-state index contributed by atoms with van der Waals surface area (Å²) >= 11 is 0. The number of nitrogens with one attached hydrogen (secondary N) is 1. The van der Waals surface area contributed by atoms with Crippen LogP contribution >= 0.6 is 0 Å². The summed E-state index contributed by atoms with van der Waals surface area (Å²) in [6.45, 7) is 7.81. The van der Waals surface area contributed by atoms with E-state index in [1.165, 1.54) is 16.7 Å². The predicted molar refractivity (Wildman–Crippen MR) is 71.8 cm³/mol. The van der Waals surface area contributed by atoms with E-state index in [4.69, 9.17) is 10.6 Å². The van der Waals surface area contributed by atoms with Crippen LogP contribution in [0.15, 0.2) is 18.2 Å². The summed E-state index contributed by atoms with van der Waals surface area (Å²) < 4.78 is 5.54. The van der Waals surface area contributed by atoms with Crippen molar-refractivity contribution in [3.63, 3.8) is 0 Å². The zero-order valence-electron chi connectivity index (χ0n) is 11.1. The normalized spacial score (nSPS) is 12.7. The SMILES string of the molecule is CCCOCC(Cc1cc(C)ccc1C)NN. The van der Waals surface area contributed by atoms with Crippen molar-refractivity contribution in [1.29, 1.82) is 0 Å². The zero-order chi connectivity index (χ0) is 12.7. The van der Waals surface area contributed by atoms with Gasteiger partial charge in [-0.05, 0) is 37.8 Å². The third-order valence-corrected chi connectivity index (χ3v) is 2.87. The van der Waals surface area contributed by atoms with E-state index >= 15 is 0 Å². The van der Waals surface area contributed by atoms with E-state index in [-0.39, 0.29) is 6.04 Å². The second-order valence-electron chi connectivity index (χ2n) is 4.57. The fourth-order valence-corrected chi connectivity index (χ4v) is 1.82. The van der Waals surface area contributed by atoms with Gasteiger partial charge in [-0.3, -0.25) is 11.3 Å². The van der Waals surface area contributed by atoms with Crippen LogP contribution in [-0.2, 0) is 11.2 Å². The molecule has 0 bridgehead atoms. The second kappa shape index (κ2) is 7.43. The minimum Gasteiger partial charge on any atom is -0.380 e. The van der Waals surface area contributed by atoms with Crippen LogP contribution in [0, 0.1) is 13.8 Å². The van der Waals surface area contributed by atoms with Gasteiger partial charge in [0.05, 0.1) is 6.61 Å². The lowest BCUT2D eigenvalue weighted by molar-refractivity contribution is 0.112. The summed E-state index contributed by atoms with van der Waals surface area (Å²) in [7, 11) is 0. The van der Waals surface area contributed by atoms with Crippen LogP contribution in [-0.4, -0.2) is 19.3 Å². The molecule has 0 aromatic heterocycles. The van der Waals surface area contributed by atoms with Crippen molar-refractivity contribution in [2.75, 3.05) is 13.2 Å². The summed E-state index contributed by atoms with van der Waals surface area (Å²) in [6.07, 6.45) is 1.95. The molecule has 0 aliphatic carbocycles. The monoisotopic (exact) mass is 236 g/mol. The predicted octanol–water partition coefficient (Wildman–Crippen LogP) is 2.10. The van der Waals surface area contributed by atoms with Gasteiger partial charge in [0.2, 0.25) is 0 Å². The van der Waals surface area contributed by atoms with Crippen LogP contribution in [0.3, 0.4) is 0 Å². The Hall–Kier alpha value is -0.900. The van der Waals surface area contributed by atoms with Crippen molar-refractivity contribution >= 4 is 0 Å². The van der Waals surface area contributed by atoms with E-state index in [0.717, 1.165) is 19.4 Å². The Balaban J connectivity index is 2.57. The van der Waals surface area contributed by atoms with Crippen molar-refractivity contribution in [1.82, 2.24) is 5.43 Å². The average Bonchev–Trinajstić information content (AvgIpc) is 2.32. The second-order valence-corrected chi connectivity index (χ2v) is 4.57. The van der Waals surface area contributed by atoms with Gasteiger partial charge in [0.25, 0.3) is 0 Å². The Kier molecular flexibility index (Phi) is 6.19. The van der Waals surface area contributed by atoms with Crippen LogP contribution in [0.2, 0.25) is 0 Å². The van der Waals surface area contributed by atoms with Gasteiger partial charge < -0.3 is 4.74 Å². The van der Waals surface area contributed by atoms with E-state index in [9.17, 15) is 0 Å². The molecule has 3 N–H and O–H groups in total. The maximum atomic E-state index is 5.56. The highest BCUT2D eigenvalue weighted by molar-refractivity contribution is 5.31. The minimum absolute atomic E-state index is 0.182. The Morgan fingerprint density at radius 1 is 1.35 bits per heavy atom. The lowest BCUT2D eigenvalue weighted by Crippen LogP contribution is -2.40. The fourth-order valence-electron chi connectivity index (χ4n) is 1.82. The molecule has 1 aromatic carbocycles. The molecule has 3 heteroatoms. The molecule has 17 heavy (non-hydrogen) atoms. The fraction of sp³-hybridized carbons (Fsp3) is 0.571. The molecule has 0 heterocycles. The van der Waals surface area contributed by atoms with Gasteiger partial charge >= 0.3 is 0 Å². The highest BCUT2D eigenvalue weighted by Gasteiger charge is 2.09. The van der Waals surface area contributed by atoms with Crippen LogP contribution in [0.4, 0.5) is 0 Å². The summed E-state index contributed by atoms with van der Waals surface area (Å²) in [6, 6.07) is 6.70.